The molecule has 100 valence electrons. The number of furan rings is 1. The maximum Gasteiger partial charge on any atom is 0.341 e. The van der Waals surface area contributed by atoms with Crippen LogP contribution in [0.1, 0.15) is 23.0 Å². The largest absolute Gasteiger partial charge is 0.497 e. The van der Waals surface area contributed by atoms with Gasteiger partial charge in [-0.1, -0.05) is 0 Å². The number of benzene rings is 1. The van der Waals surface area contributed by atoms with Crippen LogP contribution in [0.5, 0.6) is 5.75 Å². The molecule has 1 aromatic carbocycles. The Bertz CT molecular complexity index is 566. The van der Waals surface area contributed by atoms with Crippen LogP contribution in [0, 0.1) is 6.92 Å². The molecule has 0 radical (unpaired) electrons. The van der Waals surface area contributed by atoms with Gasteiger partial charge in [-0.15, -0.1) is 0 Å². The van der Waals surface area contributed by atoms with Crippen molar-refractivity contribution in [3.05, 3.63) is 41.7 Å². The van der Waals surface area contributed by atoms with E-state index in [9.17, 15) is 4.79 Å². The van der Waals surface area contributed by atoms with Crippen molar-refractivity contribution in [2.45, 2.75) is 13.8 Å². The molecule has 2 aromatic rings. The van der Waals surface area contributed by atoms with E-state index in [1.54, 1.807) is 27.0 Å². The van der Waals surface area contributed by atoms with Gasteiger partial charge in [0.15, 0.2) is 0 Å². The molecule has 0 amide bonds. The van der Waals surface area contributed by atoms with Crippen molar-refractivity contribution in [2.24, 2.45) is 0 Å². The predicted molar refractivity (Wildman–Crippen MR) is 71.4 cm³/mol. The molecule has 0 aliphatic carbocycles. The van der Waals surface area contributed by atoms with Gasteiger partial charge in [-0.3, -0.25) is 0 Å². The van der Waals surface area contributed by atoms with E-state index in [4.69, 9.17) is 13.9 Å². The van der Waals surface area contributed by atoms with Gasteiger partial charge in [-0.25, -0.2) is 4.79 Å². The van der Waals surface area contributed by atoms with Gasteiger partial charge in [0.2, 0.25) is 0 Å². The van der Waals surface area contributed by atoms with Gasteiger partial charge in [0.25, 0.3) is 0 Å². The molecule has 0 aliphatic heterocycles. The second-order valence-corrected chi connectivity index (χ2v) is 4.03. The van der Waals surface area contributed by atoms with Crippen LogP contribution in [0.15, 0.2) is 34.7 Å². The van der Waals surface area contributed by atoms with Gasteiger partial charge in [-0.05, 0) is 44.2 Å². The van der Waals surface area contributed by atoms with Gasteiger partial charge < -0.3 is 13.9 Å². The standard InChI is InChI=1S/C15H16O4/c1-4-18-15(16)13-9-14(19-10(13)2)11-5-7-12(17-3)8-6-11/h5-9H,4H2,1-3H3. The van der Waals surface area contributed by atoms with E-state index in [1.165, 1.54) is 0 Å². The lowest BCUT2D eigenvalue weighted by Gasteiger charge is -2.00. The lowest BCUT2D eigenvalue weighted by molar-refractivity contribution is 0.0524. The Morgan fingerprint density at radius 2 is 1.95 bits per heavy atom. The Morgan fingerprint density at radius 3 is 2.53 bits per heavy atom. The fraction of sp³-hybridized carbons (Fsp3) is 0.267. The molecule has 0 fully saturated rings. The third kappa shape index (κ3) is 2.78. The topological polar surface area (TPSA) is 48.7 Å². The predicted octanol–water partition coefficient (Wildman–Crippen LogP) is 3.44. The molecule has 0 atom stereocenters. The van der Waals surface area contributed by atoms with E-state index in [0.717, 1.165) is 11.3 Å². The Labute approximate surface area is 111 Å². The van der Waals surface area contributed by atoms with Crippen LogP contribution >= 0.6 is 0 Å². The molecular weight excluding hydrogens is 244 g/mol. The zero-order chi connectivity index (χ0) is 13.8. The highest BCUT2D eigenvalue weighted by Gasteiger charge is 2.16. The quantitative estimate of drug-likeness (QED) is 0.790. The summed E-state index contributed by atoms with van der Waals surface area (Å²) >= 11 is 0. The van der Waals surface area contributed by atoms with Crippen LogP contribution in [0.2, 0.25) is 0 Å². The summed E-state index contributed by atoms with van der Waals surface area (Å²) in [5.74, 6) is 1.62. The Morgan fingerprint density at radius 1 is 1.26 bits per heavy atom. The lowest BCUT2D eigenvalue weighted by Crippen LogP contribution is -2.04. The Hall–Kier alpha value is -2.23. The molecule has 1 aromatic heterocycles. The minimum Gasteiger partial charge on any atom is -0.497 e. The van der Waals surface area contributed by atoms with Crippen LogP contribution in [0.25, 0.3) is 11.3 Å². The summed E-state index contributed by atoms with van der Waals surface area (Å²) in [6, 6.07) is 9.15. The number of esters is 1. The summed E-state index contributed by atoms with van der Waals surface area (Å²) in [5, 5.41) is 0. The number of rotatable bonds is 4. The molecule has 0 saturated carbocycles. The zero-order valence-electron chi connectivity index (χ0n) is 11.2. The number of hydrogen-bond donors (Lipinski definition) is 0. The third-order valence-electron chi connectivity index (χ3n) is 2.79. The molecule has 4 nitrogen and oxygen atoms in total. The lowest BCUT2D eigenvalue weighted by atomic mass is 10.1. The van der Waals surface area contributed by atoms with Gasteiger partial charge in [0.1, 0.15) is 22.8 Å². The normalized spacial score (nSPS) is 10.3. The van der Waals surface area contributed by atoms with Crippen molar-refractivity contribution in [1.82, 2.24) is 0 Å². The number of hydrogen-bond acceptors (Lipinski definition) is 4. The van der Waals surface area contributed by atoms with Crippen LogP contribution in [0.3, 0.4) is 0 Å². The van der Waals surface area contributed by atoms with E-state index in [2.05, 4.69) is 0 Å². The Kier molecular flexibility index (Phi) is 3.90. The van der Waals surface area contributed by atoms with Crippen LogP contribution < -0.4 is 4.74 Å². The molecule has 0 N–H and O–H groups in total. The summed E-state index contributed by atoms with van der Waals surface area (Å²) in [7, 11) is 1.62. The first kappa shape index (κ1) is 13.2. The summed E-state index contributed by atoms with van der Waals surface area (Å²) in [6.07, 6.45) is 0. The van der Waals surface area contributed by atoms with Gasteiger partial charge in [-0.2, -0.15) is 0 Å². The average molecular weight is 260 g/mol. The number of carbonyl (C=O) groups excluding carboxylic acids is 1. The van der Waals surface area contributed by atoms with E-state index in [1.807, 2.05) is 24.3 Å². The molecule has 2 rings (SSSR count). The second kappa shape index (κ2) is 5.61. The van der Waals surface area contributed by atoms with Crippen molar-refractivity contribution in [2.75, 3.05) is 13.7 Å². The molecule has 1 heterocycles. The fourth-order valence-electron chi connectivity index (χ4n) is 1.79. The maximum atomic E-state index is 11.7. The van der Waals surface area contributed by atoms with Crippen molar-refractivity contribution in [1.29, 1.82) is 0 Å². The highest BCUT2D eigenvalue weighted by molar-refractivity contribution is 5.91. The molecule has 0 unspecified atom stereocenters. The molecule has 0 saturated heterocycles. The van der Waals surface area contributed by atoms with E-state index in [0.29, 0.717) is 23.7 Å². The maximum absolute atomic E-state index is 11.7. The highest BCUT2D eigenvalue weighted by Crippen LogP contribution is 2.27. The minimum absolute atomic E-state index is 0.349. The SMILES string of the molecule is CCOC(=O)c1cc(-c2ccc(OC)cc2)oc1C. The van der Waals surface area contributed by atoms with Gasteiger partial charge in [0, 0.05) is 5.56 Å². The average Bonchev–Trinajstić information content (AvgIpc) is 2.81. The molecule has 4 heteroatoms. The highest BCUT2D eigenvalue weighted by atomic mass is 16.5. The van der Waals surface area contributed by atoms with E-state index in [-0.39, 0.29) is 5.97 Å². The van der Waals surface area contributed by atoms with Crippen molar-refractivity contribution in [3.8, 4) is 17.1 Å². The molecule has 19 heavy (non-hydrogen) atoms. The first-order valence-electron chi connectivity index (χ1n) is 6.07. The number of ether oxygens (including phenoxy) is 2. The zero-order valence-corrected chi connectivity index (χ0v) is 11.2. The van der Waals surface area contributed by atoms with Gasteiger partial charge >= 0.3 is 5.97 Å². The molecule has 0 spiro atoms. The van der Waals surface area contributed by atoms with Crippen LogP contribution in [-0.2, 0) is 4.74 Å². The second-order valence-electron chi connectivity index (χ2n) is 4.03. The summed E-state index contributed by atoms with van der Waals surface area (Å²) < 4.78 is 15.7. The van der Waals surface area contributed by atoms with Crippen molar-refractivity contribution >= 4 is 5.97 Å². The smallest absolute Gasteiger partial charge is 0.341 e. The molecular formula is C15H16O4. The summed E-state index contributed by atoms with van der Waals surface area (Å²) in [5.41, 5.74) is 1.35. The minimum atomic E-state index is -0.358. The van der Waals surface area contributed by atoms with Crippen LogP contribution in [-0.4, -0.2) is 19.7 Å². The number of aryl methyl sites for hydroxylation is 1. The number of carbonyl (C=O) groups is 1. The van der Waals surface area contributed by atoms with Gasteiger partial charge in [0.05, 0.1) is 13.7 Å². The van der Waals surface area contributed by atoms with E-state index >= 15 is 0 Å². The van der Waals surface area contributed by atoms with E-state index < -0.39 is 0 Å². The molecule has 0 bridgehead atoms. The van der Waals surface area contributed by atoms with Crippen molar-refractivity contribution in [3.63, 3.8) is 0 Å². The van der Waals surface area contributed by atoms with Crippen LogP contribution in [0.4, 0.5) is 0 Å². The Balaban J connectivity index is 2.30. The first-order chi connectivity index (χ1) is 9.15. The molecule has 0 aliphatic rings. The fourth-order valence-corrected chi connectivity index (χ4v) is 1.79. The number of methoxy groups -OCH3 is 1. The monoisotopic (exact) mass is 260 g/mol. The summed E-state index contributed by atoms with van der Waals surface area (Å²) in [6.45, 7) is 3.87. The third-order valence-corrected chi connectivity index (χ3v) is 2.79. The van der Waals surface area contributed by atoms with Crippen molar-refractivity contribution < 1.29 is 18.7 Å². The first-order valence-corrected chi connectivity index (χ1v) is 6.07. The summed E-state index contributed by atoms with van der Waals surface area (Å²) in [4.78, 5) is 11.7.